The van der Waals surface area contributed by atoms with Crippen LogP contribution in [-0.4, -0.2) is 4.57 Å². The minimum atomic E-state index is -0.331. The van der Waals surface area contributed by atoms with E-state index in [2.05, 4.69) is 0 Å². The summed E-state index contributed by atoms with van der Waals surface area (Å²) in [6.45, 7) is 3.31. The molecule has 0 bridgehead atoms. The van der Waals surface area contributed by atoms with Gasteiger partial charge in [0.05, 0.1) is 10.5 Å². The normalized spacial score (nSPS) is 11.1. The second-order valence-corrected chi connectivity index (χ2v) is 4.25. The first-order chi connectivity index (χ1) is 7.45. The quantitative estimate of drug-likeness (QED) is 0.693. The summed E-state index contributed by atoms with van der Waals surface area (Å²) in [4.78, 5) is 11.8. The van der Waals surface area contributed by atoms with Crippen molar-refractivity contribution in [3.05, 3.63) is 44.5 Å². The molecule has 0 aliphatic carbocycles. The van der Waals surface area contributed by atoms with Gasteiger partial charge in [-0.1, -0.05) is 11.6 Å². The zero-order valence-corrected chi connectivity index (χ0v) is 10.0. The number of hydrogen-bond donors (Lipinski definition) is 0. The molecule has 0 saturated carbocycles. The molecular formula is C12H11ClFNO. The van der Waals surface area contributed by atoms with Gasteiger partial charge in [-0.2, -0.15) is 0 Å². The molecule has 2 aromatic rings. The third-order valence-electron chi connectivity index (χ3n) is 2.89. The predicted octanol–water partition coefficient (Wildman–Crippen LogP) is 2.95. The minimum absolute atomic E-state index is 0.189. The average Bonchev–Trinajstić information content (AvgIpc) is 2.27. The summed E-state index contributed by atoms with van der Waals surface area (Å²) in [6, 6.07) is 2.97. The molecule has 0 atom stereocenters. The maximum absolute atomic E-state index is 13.4. The fraction of sp³-hybridized carbons (Fsp3) is 0.250. The topological polar surface area (TPSA) is 22.0 Å². The van der Waals surface area contributed by atoms with Gasteiger partial charge in [0, 0.05) is 23.6 Å². The van der Waals surface area contributed by atoms with E-state index in [4.69, 9.17) is 11.6 Å². The average molecular weight is 240 g/mol. The first-order valence-electron chi connectivity index (χ1n) is 4.89. The summed E-state index contributed by atoms with van der Waals surface area (Å²) in [5, 5.41) is 1.11. The number of pyridine rings is 1. The van der Waals surface area contributed by atoms with Gasteiger partial charge in [-0.15, -0.1) is 0 Å². The zero-order valence-electron chi connectivity index (χ0n) is 9.27. The number of halogens is 2. The number of aromatic nitrogens is 1. The largest absolute Gasteiger partial charge is 0.311 e. The van der Waals surface area contributed by atoms with E-state index < -0.39 is 0 Å². The van der Waals surface area contributed by atoms with Gasteiger partial charge in [-0.25, -0.2) is 4.39 Å². The maximum Gasteiger partial charge on any atom is 0.255 e. The smallest absolute Gasteiger partial charge is 0.255 e. The van der Waals surface area contributed by atoms with Crippen LogP contribution in [0.5, 0.6) is 0 Å². The summed E-state index contributed by atoms with van der Waals surface area (Å²) in [5.74, 6) is -0.331. The molecule has 1 aromatic heterocycles. The highest BCUT2D eigenvalue weighted by Crippen LogP contribution is 2.27. The molecule has 0 radical (unpaired) electrons. The predicted molar refractivity (Wildman–Crippen MR) is 63.6 cm³/mol. The molecule has 0 fully saturated rings. The molecule has 0 spiro atoms. The first-order valence-corrected chi connectivity index (χ1v) is 5.27. The number of hydrogen-bond acceptors (Lipinski definition) is 1. The van der Waals surface area contributed by atoms with E-state index in [9.17, 15) is 9.18 Å². The zero-order chi connectivity index (χ0) is 12.0. The Kier molecular flexibility index (Phi) is 2.50. The van der Waals surface area contributed by atoms with Crippen LogP contribution in [0.15, 0.2) is 16.9 Å². The summed E-state index contributed by atoms with van der Waals surface area (Å²) < 4.78 is 14.9. The highest BCUT2D eigenvalue weighted by Gasteiger charge is 2.13. The monoisotopic (exact) mass is 239 g/mol. The third-order valence-corrected chi connectivity index (χ3v) is 3.38. The van der Waals surface area contributed by atoms with E-state index in [0.29, 0.717) is 27.1 Å². The van der Waals surface area contributed by atoms with Crippen LogP contribution < -0.4 is 5.56 Å². The molecule has 0 saturated heterocycles. The Labute approximate surface area is 97.3 Å². The highest BCUT2D eigenvalue weighted by atomic mass is 35.5. The third kappa shape index (κ3) is 1.35. The van der Waals surface area contributed by atoms with Crippen LogP contribution in [0.3, 0.4) is 0 Å². The number of nitrogens with zero attached hydrogens (tertiary/aromatic N) is 1. The van der Waals surface area contributed by atoms with Crippen molar-refractivity contribution in [3.63, 3.8) is 0 Å². The molecular weight excluding hydrogens is 229 g/mol. The lowest BCUT2D eigenvalue weighted by molar-refractivity contribution is 0.619. The minimum Gasteiger partial charge on any atom is -0.311 e. The maximum atomic E-state index is 13.4. The molecule has 2 nitrogen and oxygen atoms in total. The van der Waals surface area contributed by atoms with Gasteiger partial charge in [-0.05, 0) is 26.0 Å². The van der Waals surface area contributed by atoms with Crippen LogP contribution in [-0.2, 0) is 7.05 Å². The second-order valence-electron chi connectivity index (χ2n) is 3.87. The fourth-order valence-corrected chi connectivity index (χ4v) is 2.17. The lowest BCUT2D eigenvalue weighted by atomic mass is 10.1. The van der Waals surface area contributed by atoms with Crippen molar-refractivity contribution < 1.29 is 4.39 Å². The Morgan fingerprint density at radius 1 is 1.25 bits per heavy atom. The molecule has 1 heterocycles. The van der Waals surface area contributed by atoms with Crippen molar-refractivity contribution in [3.8, 4) is 0 Å². The van der Waals surface area contributed by atoms with E-state index >= 15 is 0 Å². The number of benzene rings is 1. The van der Waals surface area contributed by atoms with E-state index in [-0.39, 0.29) is 11.4 Å². The van der Waals surface area contributed by atoms with E-state index in [1.54, 1.807) is 27.0 Å². The number of aryl methyl sites for hydroxylation is 2. The van der Waals surface area contributed by atoms with Crippen LogP contribution in [0.1, 0.15) is 11.1 Å². The van der Waals surface area contributed by atoms with Crippen molar-refractivity contribution in [2.45, 2.75) is 13.8 Å². The van der Waals surface area contributed by atoms with E-state index in [0.717, 1.165) is 0 Å². The Hall–Kier alpha value is -1.35. The van der Waals surface area contributed by atoms with Crippen LogP contribution in [0.2, 0.25) is 5.02 Å². The molecule has 0 aliphatic heterocycles. The molecule has 0 amide bonds. The van der Waals surface area contributed by atoms with Gasteiger partial charge in [0.2, 0.25) is 0 Å². The van der Waals surface area contributed by atoms with Gasteiger partial charge < -0.3 is 4.57 Å². The van der Waals surface area contributed by atoms with Gasteiger partial charge in [-0.3, -0.25) is 4.79 Å². The summed E-state index contributed by atoms with van der Waals surface area (Å²) in [6.07, 6.45) is 0. The van der Waals surface area contributed by atoms with Gasteiger partial charge >= 0.3 is 0 Å². The number of fused-ring (bicyclic) bond motifs is 1. The molecule has 84 valence electrons. The lowest BCUT2D eigenvalue weighted by Gasteiger charge is -2.12. The fourth-order valence-electron chi connectivity index (χ4n) is 1.93. The van der Waals surface area contributed by atoms with Crippen molar-refractivity contribution in [2.24, 2.45) is 7.05 Å². The van der Waals surface area contributed by atoms with E-state index in [1.807, 2.05) is 0 Å². The van der Waals surface area contributed by atoms with E-state index in [1.165, 1.54) is 10.6 Å². The van der Waals surface area contributed by atoms with Gasteiger partial charge in [0.25, 0.3) is 5.56 Å². The first kappa shape index (κ1) is 11.1. The van der Waals surface area contributed by atoms with Crippen LogP contribution in [0.25, 0.3) is 10.9 Å². The summed E-state index contributed by atoms with van der Waals surface area (Å²) in [5.41, 5.74) is 1.30. The molecule has 16 heavy (non-hydrogen) atoms. The van der Waals surface area contributed by atoms with Crippen LogP contribution >= 0.6 is 11.6 Å². The van der Waals surface area contributed by atoms with Crippen molar-refractivity contribution in [1.29, 1.82) is 0 Å². The summed E-state index contributed by atoms with van der Waals surface area (Å²) >= 11 is 6.09. The van der Waals surface area contributed by atoms with Gasteiger partial charge in [0.15, 0.2) is 0 Å². The van der Waals surface area contributed by atoms with Crippen LogP contribution in [0.4, 0.5) is 4.39 Å². The van der Waals surface area contributed by atoms with Crippen molar-refractivity contribution in [1.82, 2.24) is 4.57 Å². The number of rotatable bonds is 0. The highest BCUT2D eigenvalue weighted by molar-refractivity contribution is 6.36. The Morgan fingerprint density at radius 3 is 2.50 bits per heavy atom. The van der Waals surface area contributed by atoms with Crippen molar-refractivity contribution >= 4 is 22.5 Å². The lowest BCUT2D eigenvalue weighted by Crippen LogP contribution is -2.20. The second kappa shape index (κ2) is 3.59. The molecule has 4 heteroatoms. The summed E-state index contributed by atoms with van der Waals surface area (Å²) in [7, 11) is 1.63. The molecule has 0 N–H and O–H groups in total. The standard InChI is InChI=1S/C12H11ClFNO/c1-6-9(14)5-4-8-10(13)7(2)12(16)15(3)11(6)8/h4-5H,1-3H3. The Morgan fingerprint density at radius 2 is 1.88 bits per heavy atom. The van der Waals surface area contributed by atoms with Crippen LogP contribution in [0, 0.1) is 19.7 Å². The Balaban J connectivity index is 3.15. The SMILES string of the molecule is Cc1c(Cl)c2ccc(F)c(C)c2n(C)c1=O. The molecule has 2 rings (SSSR count). The molecule has 1 aromatic carbocycles. The molecule has 0 aliphatic rings. The van der Waals surface area contributed by atoms with Crippen molar-refractivity contribution in [2.75, 3.05) is 0 Å². The Bertz CT molecular complexity index is 646. The molecule has 0 unspecified atom stereocenters. The van der Waals surface area contributed by atoms with Gasteiger partial charge in [0.1, 0.15) is 5.82 Å².